The van der Waals surface area contributed by atoms with Gasteiger partial charge in [-0.05, 0) is 83.5 Å². The van der Waals surface area contributed by atoms with Gasteiger partial charge in [0.05, 0.1) is 38.6 Å². The highest BCUT2D eigenvalue weighted by atomic mass is 16.8. The van der Waals surface area contributed by atoms with Crippen molar-refractivity contribution in [1.82, 2.24) is 5.32 Å². The van der Waals surface area contributed by atoms with E-state index in [2.05, 4.69) is 116 Å². The summed E-state index contributed by atoms with van der Waals surface area (Å²) < 4.78 is 34.5. The van der Waals surface area contributed by atoms with Crippen LogP contribution in [-0.4, -0.2) is 193 Å². The topological polar surface area (TPSA) is 307 Å². The maximum atomic E-state index is 13.5. The summed E-state index contributed by atoms with van der Waals surface area (Å²) in [4.78, 5) is 13.5. The predicted molar refractivity (Wildman–Crippen MR) is 424 cm³/mol. The fraction of sp³-hybridized carbons (Fsp3) is 0.782. The van der Waals surface area contributed by atoms with Crippen molar-refractivity contribution in [3.63, 3.8) is 0 Å². The number of hydrogen-bond acceptors (Lipinski definition) is 18. The number of amides is 1. The number of aliphatic hydroxyl groups is 11. The normalized spacial score (nSPS) is 26.2. The summed E-state index contributed by atoms with van der Waals surface area (Å²) in [5.74, 6) is -0.275. The molecule has 0 saturated carbocycles. The van der Waals surface area contributed by atoms with E-state index in [0.717, 1.165) is 96.3 Å². The number of carbonyl (C=O) groups is 1. The Labute approximate surface area is 640 Å². The van der Waals surface area contributed by atoms with E-state index in [4.69, 9.17) is 28.4 Å². The van der Waals surface area contributed by atoms with E-state index >= 15 is 0 Å². The quantitative estimate of drug-likeness (QED) is 0.0199. The lowest BCUT2D eigenvalue weighted by molar-refractivity contribution is -0.379. The molecule has 3 rings (SSSR count). The maximum absolute atomic E-state index is 13.5. The van der Waals surface area contributed by atoms with Gasteiger partial charge in [0.15, 0.2) is 18.9 Å². The average molecular weight is 1500 g/mol. The van der Waals surface area contributed by atoms with Crippen LogP contribution in [0.5, 0.6) is 0 Å². The van der Waals surface area contributed by atoms with Crippen LogP contribution in [0.3, 0.4) is 0 Å². The van der Waals surface area contributed by atoms with Crippen molar-refractivity contribution in [1.29, 1.82) is 0 Å². The van der Waals surface area contributed by atoms with Gasteiger partial charge in [0.1, 0.15) is 73.2 Å². The first-order valence-corrected chi connectivity index (χ1v) is 42.1. The van der Waals surface area contributed by atoms with Crippen molar-refractivity contribution < 1.29 is 89.4 Å². The third-order valence-corrected chi connectivity index (χ3v) is 20.3. The third kappa shape index (κ3) is 45.1. The van der Waals surface area contributed by atoms with Gasteiger partial charge in [-0.1, -0.05) is 322 Å². The Morgan fingerprint density at radius 1 is 0.349 bits per heavy atom. The molecule has 12 N–H and O–H groups in total. The lowest BCUT2D eigenvalue weighted by Gasteiger charge is -2.48. The second-order valence-corrected chi connectivity index (χ2v) is 29.6. The number of nitrogens with one attached hydrogen (secondary N) is 1. The molecule has 3 heterocycles. The predicted octanol–water partition coefficient (Wildman–Crippen LogP) is 14.9. The molecular weight excluding hydrogens is 1350 g/mol. The molecule has 3 aliphatic heterocycles. The molecule has 17 unspecified atom stereocenters. The first-order chi connectivity index (χ1) is 51.8. The zero-order chi connectivity index (χ0) is 76.7. The number of hydrogen-bond donors (Lipinski definition) is 12. The fourth-order valence-corrected chi connectivity index (χ4v) is 13.6. The largest absolute Gasteiger partial charge is 0.394 e. The van der Waals surface area contributed by atoms with Gasteiger partial charge in [-0.3, -0.25) is 4.79 Å². The minimum atomic E-state index is -1.98. The number of carbonyl (C=O) groups excluding carboxylic acids is 1. The first-order valence-electron chi connectivity index (χ1n) is 42.1. The van der Waals surface area contributed by atoms with Crippen LogP contribution in [0.4, 0.5) is 0 Å². The maximum Gasteiger partial charge on any atom is 0.220 e. The zero-order valence-electron chi connectivity index (χ0n) is 65.6. The van der Waals surface area contributed by atoms with Gasteiger partial charge in [0.2, 0.25) is 5.91 Å². The van der Waals surface area contributed by atoms with Crippen LogP contribution in [0, 0.1) is 0 Å². The Kier molecular flexibility index (Phi) is 60.3. The summed E-state index contributed by atoms with van der Waals surface area (Å²) in [5.41, 5.74) is 0. The van der Waals surface area contributed by atoms with E-state index in [1.807, 2.05) is 6.08 Å². The summed E-state index contributed by atoms with van der Waals surface area (Å²) in [6.07, 6.45) is 65.0. The number of allylic oxidation sites excluding steroid dienone is 17. The third-order valence-electron chi connectivity index (χ3n) is 20.3. The average Bonchev–Trinajstić information content (AvgIpc) is 0.780. The lowest BCUT2D eigenvalue weighted by Crippen LogP contribution is -2.66. The lowest BCUT2D eigenvalue weighted by atomic mass is 9.96. The minimum absolute atomic E-state index is 0.240. The Balaban J connectivity index is 1.32. The Morgan fingerprint density at radius 2 is 0.651 bits per heavy atom. The Hall–Kier alpha value is -3.55. The molecule has 106 heavy (non-hydrogen) atoms. The minimum Gasteiger partial charge on any atom is -0.394 e. The Morgan fingerprint density at radius 3 is 1.02 bits per heavy atom. The molecule has 3 fully saturated rings. The molecule has 3 aliphatic rings. The molecule has 17 atom stereocenters. The number of unbranched alkanes of at least 4 members (excludes halogenated alkanes) is 34. The summed E-state index contributed by atoms with van der Waals surface area (Å²) in [5, 5.41) is 121. The van der Waals surface area contributed by atoms with Crippen molar-refractivity contribution in [3.05, 3.63) is 109 Å². The van der Waals surface area contributed by atoms with Gasteiger partial charge < -0.3 is 89.9 Å². The van der Waals surface area contributed by atoms with Crippen LogP contribution in [0.1, 0.15) is 303 Å². The molecule has 0 radical (unpaired) electrons. The van der Waals surface area contributed by atoms with Crippen LogP contribution in [0.25, 0.3) is 0 Å². The second kappa shape index (κ2) is 66.1. The van der Waals surface area contributed by atoms with Gasteiger partial charge in [-0.2, -0.15) is 0 Å². The van der Waals surface area contributed by atoms with E-state index in [9.17, 15) is 61.0 Å². The summed E-state index contributed by atoms with van der Waals surface area (Å²) in [6, 6.07) is -0.979. The standard InChI is InChI=1S/C87H151NO18/c1-3-5-7-9-11-13-15-17-19-21-23-25-26-27-28-29-30-31-32-33-34-35-36-37-38-39-40-41-42-43-44-45-47-49-51-53-55-57-59-61-63-65-75(93)88-70(71(92)64-62-60-58-56-54-52-50-48-46-24-22-20-18-16-14-12-10-8-6-4-2)69-101-85-81(99)78(96)83(73(67-90)103-85)106-87-82(100)79(97)84(74(68-91)104-87)105-86-80(98)77(95)76(94)72(66-89)102-86/h5,7,11,13,17,19,23,25,27-28,30-31,33-34,36-37,62,64,70-74,76-87,89-92,94-100H,3-4,6,8-10,12,14-16,18,20-22,24,26,29,32,35,38-61,63,65-69H2,1-2H3,(H,88,93)/b7-5-,13-11-,19-17-,25-23-,28-27-,31-30-,34-33-,37-36-,64-62+. The highest BCUT2D eigenvalue weighted by molar-refractivity contribution is 5.76. The summed E-state index contributed by atoms with van der Waals surface area (Å²) in [7, 11) is 0. The molecule has 0 spiro atoms. The second-order valence-electron chi connectivity index (χ2n) is 29.6. The van der Waals surface area contributed by atoms with E-state index in [0.29, 0.717) is 6.42 Å². The van der Waals surface area contributed by atoms with Crippen molar-refractivity contribution in [3.8, 4) is 0 Å². The van der Waals surface area contributed by atoms with Crippen LogP contribution < -0.4 is 5.32 Å². The number of ether oxygens (including phenoxy) is 6. The highest BCUT2D eigenvalue weighted by Crippen LogP contribution is 2.33. The van der Waals surface area contributed by atoms with Crippen molar-refractivity contribution >= 4 is 5.91 Å². The van der Waals surface area contributed by atoms with Gasteiger partial charge in [-0.25, -0.2) is 0 Å². The van der Waals surface area contributed by atoms with Gasteiger partial charge in [0.25, 0.3) is 0 Å². The molecule has 0 aromatic carbocycles. The van der Waals surface area contributed by atoms with E-state index in [-0.39, 0.29) is 18.9 Å². The van der Waals surface area contributed by atoms with Crippen LogP contribution >= 0.6 is 0 Å². The molecule has 0 aliphatic carbocycles. The molecule has 19 nitrogen and oxygen atoms in total. The Bertz CT molecular complexity index is 2340. The molecule has 0 bridgehead atoms. The fourth-order valence-electron chi connectivity index (χ4n) is 13.6. The van der Waals surface area contributed by atoms with Crippen molar-refractivity contribution in [2.45, 2.75) is 407 Å². The summed E-state index contributed by atoms with van der Waals surface area (Å²) in [6.45, 7) is 1.65. The number of aliphatic hydroxyl groups excluding tert-OH is 11. The molecule has 1 amide bonds. The highest BCUT2D eigenvalue weighted by Gasteiger charge is 2.54. The first kappa shape index (κ1) is 96.6. The van der Waals surface area contributed by atoms with Crippen LogP contribution in [-0.2, 0) is 33.2 Å². The van der Waals surface area contributed by atoms with E-state index in [1.165, 1.54) is 180 Å². The molecule has 0 aromatic heterocycles. The van der Waals surface area contributed by atoms with E-state index < -0.39 is 124 Å². The van der Waals surface area contributed by atoms with E-state index in [1.54, 1.807) is 6.08 Å². The molecule has 3 saturated heterocycles. The van der Waals surface area contributed by atoms with Crippen molar-refractivity contribution in [2.24, 2.45) is 0 Å². The van der Waals surface area contributed by atoms with Crippen LogP contribution in [0.15, 0.2) is 109 Å². The van der Waals surface area contributed by atoms with Gasteiger partial charge >= 0.3 is 0 Å². The van der Waals surface area contributed by atoms with Crippen molar-refractivity contribution in [2.75, 3.05) is 26.4 Å². The summed E-state index contributed by atoms with van der Waals surface area (Å²) >= 11 is 0. The monoisotopic (exact) mass is 1500 g/mol. The van der Waals surface area contributed by atoms with Crippen LogP contribution in [0.2, 0.25) is 0 Å². The molecule has 19 heteroatoms. The molecular formula is C87H151NO18. The smallest absolute Gasteiger partial charge is 0.220 e. The van der Waals surface area contributed by atoms with Gasteiger partial charge in [0, 0.05) is 6.42 Å². The number of rotatable bonds is 66. The van der Waals surface area contributed by atoms with Gasteiger partial charge in [-0.15, -0.1) is 0 Å². The zero-order valence-corrected chi connectivity index (χ0v) is 65.6. The molecule has 612 valence electrons. The SMILES string of the molecule is CC/C=C\C/C=C\C/C=C\C/C=C\C/C=C\C/C=C\C/C=C\C/C=C\CCCCCCCCCCCCCCCCCCC(=O)NC(COC1OC(CO)C(OC2OC(CO)C(OC3OC(CO)C(O)C(O)C3O)C(O)C2O)C(O)C1O)C(O)/C=C/CCCCCCCCCCCCCCCCCCCC. The molecule has 0 aromatic rings.